The Hall–Kier alpha value is -3.36. The molecule has 1 fully saturated rings. The Morgan fingerprint density at radius 1 is 1.16 bits per heavy atom. The Kier molecular flexibility index (Phi) is 5.92. The Bertz CT molecular complexity index is 1000. The summed E-state index contributed by atoms with van der Waals surface area (Å²) in [4.78, 5) is 44.2. The first-order valence-electron chi connectivity index (χ1n) is 10.4. The normalized spacial score (nSPS) is 22.1. The van der Waals surface area contributed by atoms with Gasteiger partial charge in [0, 0.05) is 30.6 Å². The maximum atomic E-state index is 13.2. The molecule has 0 saturated carbocycles. The molecule has 0 spiro atoms. The lowest BCUT2D eigenvalue weighted by Crippen LogP contribution is -2.48. The summed E-state index contributed by atoms with van der Waals surface area (Å²) < 4.78 is 11.0. The molecule has 2 aliphatic heterocycles. The molecule has 1 aromatic heterocycles. The van der Waals surface area contributed by atoms with Crippen LogP contribution in [0.1, 0.15) is 51.4 Å². The molecule has 1 saturated heterocycles. The molecule has 2 atom stereocenters. The van der Waals surface area contributed by atoms with E-state index in [-0.39, 0.29) is 55.1 Å². The number of aromatic nitrogens is 1. The van der Waals surface area contributed by atoms with Crippen LogP contribution in [-0.2, 0) is 4.79 Å². The number of fused-ring (bicyclic) bond motifs is 4. The molecule has 3 heterocycles. The zero-order valence-corrected chi connectivity index (χ0v) is 17.6. The molecule has 4 rings (SSSR count). The number of oxazole rings is 1. The van der Waals surface area contributed by atoms with E-state index in [9.17, 15) is 14.4 Å². The van der Waals surface area contributed by atoms with E-state index in [1.54, 1.807) is 24.0 Å². The number of ether oxygens (including phenoxy) is 1. The van der Waals surface area contributed by atoms with Crippen molar-refractivity contribution in [2.75, 3.05) is 19.7 Å². The summed E-state index contributed by atoms with van der Waals surface area (Å²) >= 11 is 0. The van der Waals surface area contributed by atoms with Crippen LogP contribution in [0.2, 0.25) is 0 Å². The van der Waals surface area contributed by atoms with E-state index in [0.717, 1.165) is 5.56 Å². The van der Waals surface area contributed by atoms with Crippen LogP contribution in [0.5, 0.6) is 5.75 Å². The van der Waals surface area contributed by atoms with E-state index in [2.05, 4.69) is 15.6 Å². The fourth-order valence-electron chi connectivity index (χ4n) is 4.17. The van der Waals surface area contributed by atoms with Crippen LogP contribution in [0, 0.1) is 13.8 Å². The number of hydrogen-bond donors (Lipinski definition) is 2. The van der Waals surface area contributed by atoms with Gasteiger partial charge in [0.25, 0.3) is 11.8 Å². The van der Waals surface area contributed by atoms with Crippen molar-refractivity contribution in [3.8, 4) is 5.75 Å². The van der Waals surface area contributed by atoms with Crippen LogP contribution < -0.4 is 15.4 Å². The number of rotatable bonds is 1. The van der Waals surface area contributed by atoms with Crippen LogP contribution in [0.25, 0.3) is 0 Å². The summed E-state index contributed by atoms with van der Waals surface area (Å²) in [6, 6.07) is 4.76. The van der Waals surface area contributed by atoms with Crippen molar-refractivity contribution >= 4 is 17.7 Å². The molecule has 0 radical (unpaired) electrons. The lowest BCUT2D eigenvalue weighted by atomic mass is 10.1. The van der Waals surface area contributed by atoms with Crippen molar-refractivity contribution in [1.82, 2.24) is 20.5 Å². The second kappa shape index (κ2) is 8.79. The third kappa shape index (κ3) is 4.40. The highest BCUT2D eigenvalue weighted by molar-refractivity contribution is 5.95. The summed E-state index contributed by atoms with van der Waals surface area (Å²) in [6.45, 7) is 4.48. The molecule has 2 aromatic rings. The fraction of sp³-hybridized carbons (Fsp3) is 0.455. The number of aryl methyl sites for hydroxylation is 2. The molecule has 164 valence electrons. The van der Waals surface area contributed by atoms with Crippen LogP contribution >= 0.6 is 0 Å². The molecule has 2 N–H and O–H groups in total. The van der Waals surface area contributed by atoms with Crippen molar-refractivity contribution in [2.24, 2.45) is 0 Å². The third-order valence-corrected chi connectivity index (χ3v) is 5.85. The predicted molar refractivity (Wildman–Crippen MR) is 111 cm³/mol. The molecular weight excluding hydrogens is 400 g/mol. The molecule has 0 aliphatic carbocycles. The third-order valence-electron chi connectivity index (χ3n) is 5.85. The Morgan fingerprint density at radius 2 is 1.97 bits per heavy atom. The van der Waals surface area contributed by atoms with Gasteiger partial charge in [-0.3, -0.25) is 14.4 Å². The topological polar surface area (TPSA) is 114 Å². The average Bonchev–Trinajstić information content (AvgIpc) is 3.35. The van der Waals surface area contributed by atoms with Crippen LogP contribution in [0.15, 0.2) is 29.0 Å². The Balaban J connectivity index is 1.61. The minimum atomic E-state index is -0.286. The first kappa shape index (κ1) is 20.9. The molecule has 31 heavy (non-hydrogen) atoms. The molecule has 9 heteroatoms. The van der Waals surface area contributed by atoms with Gasteiger partial charge in [-0.1, -0.05) is 6.07 Å². The van der Waals surface area contributed by atoms with Gasteiger partial charge in [-0.05, 0) is 44.4 Å². The van der Waals surface area contributed by atoms with Crippen molar-refractivity contribution in [2.45, 2.75) is 45.2 Å². The lowest BCUT2D eigenvalue weighted by Gasteiger charge is -2.30. The first-order valence-corrected chi connectivity index (χ1v) is 10.4. The number of nitrogens with one attached hydrogen (secondary N) is 2. The van der Waals surface area contributed by atoms with E-state index in [0.29, 0.717) is 36.5 Å². The smallest absolute Gasteiger partial charge is 0.276 e. The number of nitrogens with zero attached hydrogens (tertiary/aromatic N) is 2. The zero-order chi connectivity index (χ0) is 22.0. The molecular formula is C22H26N4O5. The highest BCUT2D eigenvalue weighted by Crippen LogP contribution is 2.29. The summed E-state index contributed by atoms with van der Waals surface area (Å²) in [5.41, 5.74) is 1.63. The van der Waals surface area contributed by atoms with Crippen molar-refractivity contribution in [1.29, 1.82) is 0 Å². The van der Waals surface area contributed by atoms with Gasteiger partial charge in [0.05, 0.1) is 6.54 Å². The second-order valence-corrected chi connectivity index (χ2v) is 7.95. The number of carbonyl (C=O) groups is 3. The molecule has 1 aromatic carbocycles. The van der Waals surface area contributed by atoms with E-state index in [1.165, 1.54) is 6.39 Å². The SMILES string of the molecule is Cc1ccc2cc1OCCNC(=O)C[C@@H]1CC[C@H](CNC2=O)N1C(=O)c1ncoc1C. The number of carbonyl (C=O) groups excluding carboxylic acids is 3. The maximum Gasteiger partial charge on any atom is 0.276 e. The monoisotopic (exact) mass is 426 g/mol. The standard InChI is InChI=1S/C22H26N4O5/c1-13-3-4-15-9-18(13)30-8-7-23-19(27)10-16-5-6-17(11-24-21(15)28)26(16)22(29)20-14(2)31-12-25-20/h3-4,9,12,16-17H,5-8,10-11H2,1-2H3,(H,23,27)(H,24,28)/t16-,17+/m0/s1. The van der Waals surface area contributed by atoms with Crippen molar-refractivity contribution in [3.63, 3.8) is 0 Å². The van der Waals surface area contributed by atoms with Gasteiger partial charge in [-0.25, -0.2) is 4.98 Å². The summed E-state index contributed by atoms with van der Waals surface area (Å²) in [7, 11) is 0. The Labute approximate surface area is 180 Å². The summed E-state index contributed by atoms with van der Waals surface area (Å²) in [6.07, 6.45) is 2.77. The van der Waals surface area contributed by atoms with E-state index in [1.807, 2.05) is 13.0 Å². The summed E-state index contributed by atoms with van der Waals surface area (Å²) in [5.74, 6) is 0.372. The van der Waals surface area contributed by atoms with Crippen LogP contribution in [-0.4, -0.2) is 59.4 Å². The first-order chi connectivity index (χ1) is 14.9. The van der Waals surface area contributed by atoms with Crippen LogP contribution in [0.4, 0.5) is 0 Å². The van der Waals surface area contributed by atoms with Gasteiger partial charge in [-0.15, -0.1) is 0 Å². The van der Waals surface area contributed by atoms with E-state index < -0.39 is 0 Å². The van der Waals surface area contributed by atoms with Gasteiger partial charge in [0.15, 0.2) is 12.1 Å². The molecule has 2 aliphatic rings. The van der Waals surface area contributed by atoms with Gasteiger partial charge >= 0.3 is 0 Å². The van der Waals surface area contributed by atoms with Gasteiger partial charge in [-0.2, -0.15) is 0 Å². The van der Waals surface area contributed by atoms with Gasteiger partial charge in [0.2, 0.25) is 5.91 Å². The largest absolute Gasteiger partial charge is 0.491 e. The lowest BCUT2D eigenvalue weighted by molar-refractivity contribution is -0.122. The van der Waals surface area contributed by atoms with Crippen molar-refractivity contribution in [3.05, 3.63) is 47.2 Å². The molecule has 9 nitrogen and oxygen atoms in total. The van der Waals surface area contributed by atoms with E-state index in [4.69, 9.17) is 9.15 Å². The average molecular weight is 426 g/mol. The van der Waals surface area contributed by atoms with Gasteiger partial charge in [0.1, 0.15) is 18.1 Å². The van der Waals surface area contributed by atoms with Crippen LogP contribution in [0.3, 0.4) is 0 Å². The molecule has 4 bridgehead atoms. The molecule has 3 amide bonds. The maximum absolute atomic E-state index is 13.2. The quantitative estimate of drug-likeness (QED) is 0.716. The number of amides is 3. The second-order valence-electron chi connectivity index (χ2n) is 7.95. The van der Waals surface area contributed by atoms with E-state index >= 15 is 0 Å². The van der Waals surface area contributed by atoms with Gasteiger partial charge < -0.3 is 24.7 Å². The number of hydrogen-bond acceptors (Lipinski definition) is 6. The fourth-order valence-corrected chi connectivity index (χ4v) is 4.17. The zero-order valence-electron chi connectivity index (χ0n) is 17.6. The highest BCUT2D eigenvalue weighted by Gasteiger charge is 2.39. The van der Waals surface area contributed by atoms with Crippen molar-refractivity contribution < 1.29 is 23.5 Å². The highest BCUT2D eigenvalue weighted by atomic mass is 16.5. The molecule has 0 unspecified atom stereocenters. The Morgan fingerprint density at radius 3 is 2.74 bits per heavy atom. The number of benzene rings is 1. The minimum Gasteiger partial charge on any atom is -0.491 e. The summed E-state index contributed by atoms with van der Waals surface area (Å²) in [5, 5.41) is 5.79. The predicted octanol–water partition coefficient (Wildman–Crippen LogP) is 1.59. The minimum absolute atomic E-state index is 0.145.